The predicted octanol–water partition coefficient (Wildman–Crippen LogP) is 5.60. The summed E-state index contributed by atoms with van der Waals surface area (Å²) in [5.41, 5.74) is 1.29. The van der Waals surface area contributed by atoms with E-state index in [2.05, 4.69) is 6.58 Å². The molecule has 1 aromatic rings. The summed E-state index contributed by atoms with van der Waals surface area (Å²) in [6.45, 7) is 7.78. The molecule has 22 heavy (non-hydrogen) atoms. The van der Waals surface area contributed by atoms with Crippen LogP contribution in [-0.4, -0.2) is 6.61 Å². The molecule has 1 aromatic carbocycles. The quantitative estimate of drug-likeness (QED) is 0.622. The van der Waals surface area contributed by atoms with Gasteiger partial charge in [0.2, 0.25) is 5.82 Å². The van der Waals surface area contributed by atoms with E-state index >= 15 is 0 Å². The molecule has 0 bridgehead atoms. The monoisotopic (exact) mass is 308 g/mol. The van der Waals surface area contributed by atoms with Gasteiger partial charge in [-0.05, 0) is 81.4 Å². The number of hydrogen-bond donors (Lipinski definition) is 0. The van der Waals surface area contributed by atoms with Gasteiger partial charge in [0.25, 0.3) is 0 Å². The van der Waals surface area contributed by atoms with E-state index in [-0.39, 0.29) is 5.75 Å². The molecule has 1 nitrogen and oxygen atoms in total. The Labute approximate surface area is 132 Å². The third-order valence-electron chi connectivity index (χ3n) is 4.82. The van der Waals surface area contributed by atoms with Crippen molar-refractivity contribution in [3.8, 4) is 5.75 Å². The first kappa shape index (κ1) is 17.0. The molecule has 1 aliphatic carbocycles. The van der Waals surface area contributed by atoms with Crippen LogP contribution in [0.15, 0.2) is 18.7 Å². The van der Waals surface area contributed by atoms with Gasteiger partial charge in [-0.2, -0.15) is 4.39 Å². The number of allylic oxidation sites excluding steroid dienone is 1. The first-order valence-electron chi connectivity index (χ1n) is 8.29. The van der Waals surface area contributed by atoms with Crippen molar-refractivity contribution in [2.24, 2.45) is 11.8 Å². The Hall–Kier alpha value is -1.38. The molecule has 1 fully saturated rings. The lowest BCUT2D eigenvalue weighted by Gasteiger charge is -2.26. The zero-order valence-electron chi connectivity index (χ0n) is 13.6. The van der Waals surface area contributed by atoms with Gasteiger partial charge in [-0.3, -0.25) is 0 Å². The first-order valence-corrected chi connectivity index (χ1v) is 8.29. The van der Waals surface area contributed by atoms with E-state index in [1.165, 1.54) is 12.8 Å². The summed E-state index contributed by atoms with van der Waals surface area (Å²) in [6.07, 6.45) is 8.25. The molecule has 0 spiro atoms. The van der Waals surface area contributed by atoms with Gasteiger partial charge < -0.3 is 4.74 Å². The Morgan fingerprint density at radius 2 is 1.91 bits per heavy atom. The maximum atomic E-state index is 14.2. The van der Waals surface area contributed by atoms with E-state index in [1.54, 1.807) is 13.0 Å². The topological polar surface area (TPSA) is 9.23 Å². The maximum absolute atomic E-state index is 14.2. The van der Waals surface area contributed by atoms with E-state index in [4.69, 9.17) is 4.74 Å². The second-order valence-corrected chi connectivity index (χ2v) is 6.29. The minimum absolute atomic E-state index is 0.0211. The second-order valence-electron chi connectivity index (χ2n) is 6.29. The van der Waals surface area contributed by atoms with Gasteiger partial charge in [0, 0.05) is 0 Å². The van der Waals surface area contributed by atoms with Crippen LogP contribution in [0.2, 0.25) is 0 Å². The van der Waals surface area contributed by atoms with E-state index in [0.29, 0.717) is 30.4 Å². The zero-order chi connectivity index (χ0) is 16.1. The Bertz CT molecular complexity index is 517. The summed E-state index contributed by atoms with van der Waals surface area (Å²) in [6, 6.07) is 1.62. The fourth-order valence-electron chi connectivity index (χ4n) is 3.39. The van der Waals surface area contributed by atoms with E-state index in [9.17, 15) is 8.78 Å². The Morgan fingerprint density at radius 3 is 2.50 bits per heavy atom. The molecule has 0 atom stereocenters. The standard InChI is InChI=1S/C19H26F2O/c1-4-14-6-8-15(9-7-14)10-11-16-13(3)12-17(22-5-2)19(21)18(16)20/h4,12,14-15H,1,5-11H2,2-3H3. The number of benzene rings is 1. The average molecular weight is 308 g/mol. The van der Waals surface area contributed by atoms with Crippen molar-refractivity contribution < 1.29 is 13.5 Å². The summed E-state index contributed by atoms with van der Waals surface area (Å²) < 4.78 is 33.4. The number of hydrogen-bond acceptors (Lipinski definition) is 1. The van der Waals surface area contributed by atoms with Gasteiger partial charge >= 0.3 is 0 Å². The molecule has 1 aliphatic rings. The van der Waals surface area contributed by atoms with Crippen LogP contribution in [0.3, 0.4) is 0 Å². The molecular formula is C19H26F2O. The Morgan fingerprint density at radius 1 is 1.23 bits per heavy atom. The largest absolute Gasteiger partial charge is 0.491 e. The van der Waals surface area contributed by atoms with Gasteiger partial charge in [0.05, 0.1) is 6.61 Å². The van der Waals surface area contributed by atoms with Crippen LogP contribution in [0, 0.1) is 30.4 Å². The molecule has 0 unspecified atom stereocenters. The molecule has 1 saturated carbocycles. The summed E-state index contributed by atoms with van der Waals surface area (Å²) in [7, 11) is 0. The number of halogens is 2. The minimum atomic E-state index is -0.849. The van der Waals surface area contributed by atoms with Crippen molar-refractivity contribution >= 4 is 0 Å². The molecule has 3 heteroatoms. The van der Waals surface area contributed by atoms with Gasteiger partial charge in [-0.25, -0.2) is 4.39 Å². The molecule has 2 rings (SSSR count). The molecule has 0 N–H and O–H groups in total. The van der Waals surface area contributed by atoms with E-state index in [1.807, 2.05) is 13.0 Å². The highest BCUT2D eigenvalue weighted by Crippen LogP contribution is 2.33. The summed E-state index contributed by atoms with van der Waals surface area (Å²) in [5.74, 6) is -0.309. The average Bonchev–Trinajstić information content (AvgIpc) is 2.53. The lowest BCUT2D eigenvalue weighted by atomic mass is 9.79. The molecule has 0 aliphatic heterocycles. The van der Waals surface area contributed by atoms with Crippen molar-refractivity contribution in [1.82, 2.24) is 0 Å². The van der Waals surface area contributed by atoms with Crippen LogP contribution in [-0.2, 0) is 6.42 Å². The third kappa shape index (κ3) is 3.88. The van der Waals surface area contributed by atoms with Crippen molar-refractivity contribution in [1.29, 1.82) is 0 Å². The third-order valence-corrected chi connectivity index (χ3v) is 4.82. The lowest BCUT2D eigenvalue weighted by molar-refractivity contribution is 0.293. The zero-order valence-corrected chi connectivity index (χ0v) is 13.6. The van der Waals surface area contributed by atoms with Gasteiger partial charge in [0.1, 0.15) is 0 Å². The summed E-state index contributed by atoms with van der Waals surface area (Å²) in [4.78, 5) is 0. The fourth-order valence-corrected chi connectivity index (χ4v) is 3.39. The molecule has 0 radical (unpaired) electrons. The van der Waals surface area contributed by atoms with Crippen molar-refractivity contribution in [3.05, 3.63) is 41.5 Å². The SMILES string of the molecule is C=CC1CCC(CCc2c(C)cc(OCC)c(F)c2F)CC1. The molecule has 122 valence electrons. The highest BCUT2D eigenvalue weighted by atomic mass is 19.2. The van der Waals surface area contributed by atoms with Crippen molar-refractivity contribution in [2.75, 3.05) is 6.61 Å². The smallest absolute Gasteiger partial charge is 0.200 e. The van der Waals surface area contributed by atoms with Gasteiger partial charge in [0.15, 0.2) is 11.6 Å². The van der Waals surface area contributed by atoms with Crippen LogP contribution in [0.25, 0.3) is 0 Å². The van der Waals surface area contributed by atoms with Crippen LogP contribution in [0.5, 0.6) is 5.75 Å². The second kappa shape index (κ2) is 7.75. The van der Waals surface area contributed by atoms with Gasteiger partial charge in [-0.1, -0.05) is 6.08 Å². The Balaban J connectivity index is 2.01. The lowest BCUT2D eigenvalue weighted by Crippen LogP contribution is -2.14. The predicted molar refractivity (Wildman–Crippen MR) is 86.2 cm³/mol. The first-order chi connectivity index (χ1) is 10.6. The molecular weight excluding hydrogens is 282 g/mol. The number of ether oxygens (including phenoxy) is 1. The molecule has 0 aromatic heterocycles. The number of aryl methyl sites for hydroxylation is 1. The van der Waals surface area contributed by atoms with Crippen LogP contribution < -0.4 is 4.74 Å². The van der Waals surface area contributed by atoms with Gasteiger partial charge in [-0.15, -0.1) is 6.58 Å². The Kier molecular flexibility index (Phi) is 5.98. The van der Waals surface area contributed by atoms with Crippen molar-refractivity contribution in [2.45, 2.75) is 52.4 Å². The minimum Gasteiger partial charge on any atom is -0.491 e. The van der Waals surface area contributed by atoms with Crippen molar-refractivity contribution in [3.63, 3.8) is 0 Å². The maximum Gasteiger partial charge on any atom is 0.200 e. The van der Waals surface area contributed by atoms with Crippen LogP contribution in [0.4, 0.5) is 8.78 Å². The highest BCUT2D eigenvalue weighted by Gasteiger charge is 2.22. The van der Waals surface area contributed by atoms with E-state index in [0.717, 1.165) is 24.8 Å². The summed E-state index contributed by atoms with van der Waals surface area (Å²) in [5, 5.41) is 0. The fraction of sp³-hybridized carbons (Fsp3) is 0.579. The normalized spacial score (nSPS) is 21.6. The van der Waals surface area contributed by atoms with Crippen LogP contribution in [0.1, 0.15) is 50.2 Å². The molecule has 0 saturated heterocycles. The van der Waals surface area contributed by atoms with Crippen LogP contribution >= 0.6 is 0 Å². The number of rotatable bonds is 6. The molecule has 0 amide bonds. The summed E-state index contributed by atoms with van der Waals surface area (Å²) >= 11 is 0. The molecule has 0 heterocycles. The highest BCUT2D eigenvalue weighted by molar-refractivity contribution is 5.37. The van der Waals surface area contributed by atoms with E-state index < -0.39 is 11.6 Å².